The van der Waals surface area contributed by atoms with Crippen molar-refractivity contribution in [2.24, 2.45) is 0 Å². The minimum atomic E-state index is -0.341. The third-order valence-corrected chi connectivity index (χ3v) is 2.34. The standard InChI is InChI=1S/C11H24N2O2/c1-5-12-9(2)8-11(15)13(4)7-6-10(3)14/h9-10,12,14H,5-8H2,1-4H3. The first kappa shape index (κ1) is 14.4. The minimum Gasteiger partial charge on any atom is -0.393 e. The molecular weight excluding hydrogens is 192 g/mol. The molecule has 4 nitrogen and oxygen atoms in total. The van der Waals surface area contributed by atoms with Crippen molar-refractivity contribution < 1.29 is 9.90 Å². The summed E-state index contributed by atoms with van der Waals surface area (Å²) < 4.78 is 0. The summed E-state index contributed by atoms with van der Waals surface area (Å²) in [5.41, 5.74) is 0. The fraction of sp³-hybridized carbons (Fsp3) is 0.909. The van der Waals surface area contributed by atoms with Crippen LogP contribution in [0.5, 0.6) is 0 Å². The second kappa shape index (κ2) is 7.65. The van der Waals surface area contributed by atoms with E-state index in [1.807, 2.05) is 13.8 Å². The smallest absolute Gasteiger partial charge is 0.223 e. The summed E-state index contributed by atoms with van der Waals surface area (Å²) in [6.07, 6.45) is 0.813. The summed E-state index contributed by atoms with van der Waals surface area (Å²) >= 11 is 0. The van der Waals surface area contributed by atoms with Crippen molar-refractivity contribution in [3.05, 3.63) is 0 Å². The molecule has 0 rings (SSSR count). The molecule has 90 valence electrons. The summed E-state index contributed by atoms with van der Waals surface area (Å²) in [4.78, 5) is 13.3. The highest BCUT2D eigenvalue weighted by atomic mass is 16.3. The lowest BCUT2D eigenvalue weighted by atomic mass is 10.2. The maximum Gasteiger partial charge on any atom is 0.223 e. The van der Waals surface area contributed by atoms with E-state index >= 15 is 0 Å². The predicted molar refractivity (Wildman–Crippen MR) is 61.7 cm³/mol. The van der Waals surface area contributed by atoms with E-state index in [1.54, 1.807) is 18.9 Å². The van der Waals surface area contributed by atoms with Gasteiger partial charge in [-0.3, -0.25) is 4.79 Å². The number of aliphatic hydroxyl groups excluding tert-OH is 1. The van der Waals surface area contributed by atoms with Gasteiger partial charge in [-0.2, -0.15) is 0 Å². The van der Waals surface area contributed by atoms with E-state index in [4.69, 9.17) is 5.11 Å². The average Bonchev–Trinajstić information content (AvgIpc) is 2.14. The molecule has 1 amide bonds. The molecule has 0 fully saturated rings. The summed E-state index contributed by atoms with van der Waals surface area (Å²) in [6.45, 7) is 7.27. The predicted octanol–water partition coefficient (Wildman–Crippen LogP) is 0.604. The molecule has 0 aliphatic carbocycles. The Kier molecular flexibility index (Phi) is 7.34. The van der Waals surface area contributed by atoms with Crippen molar-refractivity contribution in [3.63, 3.8) is 0 Å². The molecule has 0 saturated carbocycles. The van der Waals surface area contributed by atoms with Crippen LogP contribution >= 0.6 is 0 Å². The van der Waals surface area contributed by atoms with E-state index < -0.39 is 0 Å². The number of carbonyl (C=O) groups is 1. The van der Waals surface area contributed by atoms with E-state index in [2.05, 4.69) is 5.32 Å². The summed E-state index contributed by atoms with van der Waals surface area (Å²) in [7, 11) is 1.78. The minimum absolute atomic E-state index is 0.129. The second-order valence-corrected chi connectivity index (χ2v) is 4.12. The highest BCUT2D eigenvalue weighted by Crippen LogP contribution is 1.99. The van der Waals surface area contributed by atoms with E-state index in [-0.39, 0.29) is 18.1 Å². The summed E-state index contributed by atoms with van der Waals surface area (Å²) in [5, 5.41) is 12.3. The van der Waals surface area contributed by atoms with Crippen molar-refractivity contribution >= 4 is 5.91 Å². The monoisotopic (exact) mass is 216 g/mol. The Morgan fingerprint density at radius 3 is 2.53 bits per heavy atom. The molecule has 0 aromatic carbocycles. The van der Waals surface area contributed by atoms with Crippen LogP contribution in [0.2, 0.25) is 0 Å². The molecule has 0 bridgehead atoms. The van der Waals surface area contributed by atoms with Gasteiger partial charge in [0.1, 0.15) is 0 Å². The van der Waals surface area contributed by atoms with Crippen LogP contribution in [-0.2, 0) is 4.79 Å². The van der Waals surface area contributed by atoms with E-state index in [9.17, 15) is 4.79 Å². The molecule has 4 heteroatoms. The van der Waals surface area contributed by atoms with Crippen LogP contribution in [-0.4, -0.2) is 48.2 Å². The van der Waals surface area contributed by atoms with E-state index in [1.165, 1.54) is 0 Å². The molecule has 0 spiro atoms. The van der Waals surface area contributed by atoms with E-state index in [0.29, 0.717) is 19.4 Å². The lowest BCUT2D eigenvalue weighted by Gasteiger charge is -2.20. The molecule has 2 unspecified atom stereocenters. The zero-order valence-corrected chi connectivity index (χ0v) is 10.3. The number of nitrogens with zero attached hydrogens (tertiary/aromatic N) is 1. The Bertz CT molecular complexity index is 183. The average molecular weight is 216 g/mol. The van der Waals surface area contributed by atoms with Gasteiger partial charge in [-0.05, 0) is 26.8 Å². The molecule has 0 aliphatic rings. The van der Waals surface area contributed by atoms with Crippen LogP contribution in [0.25, 0.3) is 0 Å². The molecule has 0 aromatic rings. The molecule has 0 heterocycles. The third kappa shape index (κ3) is 7.33. The zero-order valence-electron chi connectivity index (χ0n) is 10.3. The van der Waals surface area contributed by atoms with Crippen LogP contribution in [0, 0.1) is 0 Å². The van der Waals surface area contributed by atoms with Crippen molar-refractivity contribution in [1.29, 1.82) is 0 Å². The number of aliphatic hydroxyl groups is 1. The lowest BCUT2D eigenvalue weighted by Crippen LogP contribution is -2.35. The van der Waals surface area contributed by atoms with Crippen LogP contribution in [0.3, 0.4) is 0 Å². The molecule has 15 heavy (non-hydrogen) atoms. The first-order chi connectivity index (χ1) is 6.97. The van der Waals surface area contributed by atoms with Gasteiger partial charge in [-0.1, -0.05) is 6.92 Å². The van der Waals surface area contributed by atoms with Gasteiger partial charge in [0.15, 0.2) is 0 Å². The maximum absolute atomic E-state index is 11.6. The van der Waals surface area contributed by atoms with Gasteiger partial charge in [0.2, 0.25) is 5.91 Å². The van der Waals surface area contributed by atoms with Crippen LogP contribution in [0.15, 0.2) is 0 Å². The van der Waals surface area contributed by atoms with Crippen LogP contribution in [0.1, 0.15) is 33.6 Å². The largest absolute Gasteiger partial charge is 0.393 e. The molecule has 2 N–H and O–H groups in total. The van der Waals surface area contributed by atoms with Crippen LogP contribution < -0.4 is 5.32 Å². The first-order valence-corrected chi connectivity index (χ1v) is 5.62. The molecule has 0 saturated heterocycles. The fourth-order valence-electron chi connectivity index (χ4n) is 1.34. The number of nitrogens with one attached hydrogen (secondary N) is 1. The number of carbonyl (C=O) groups excluding carboxylic acids is 1. The molecule has 0 aromatic heterocycles. The molecule has 2 atom stereocenters. The van der Waals surface area contributed by atoms with Crippen molar-refractivity contribution in [3.8, 4) is 0 Å². The van der Waals surface area contributed by atoms with Gasteiger partial charge in [0.05, 0.1) is 6.10 Å². The van der Waals surface area contributed by atoms with E-state index in [0.717, 1.165) is 6.54 Å². The summed E-state index contributed by atoms with van der Waals surface area (Å²) in [5.74, 6) is 0.129. The van der Waals surface area contributed by atoms with Gasteiger partial charge < -0.3 is 15.3 Å². The lowest BCUT2D eigenvalue weighted by molar-refractivity contribution is -0.130. The van der Waals surface area contributed by atoms with Crippen molar-refractivity contribution in [2.45, 2.75) is 45.8 Å². The van der Waals surface area contributed by atoms with Gasteiger partial charge in [-0.25, -0.2) is 0 Å². The van der Waals surface area contributed by atoms with Gasteiger partial charge in [-0.15, -0.1) is 0 Å². The normalized spacial score (nSPS) is 14.7. The molecular formula is C11H24N2O2. The van der Waals surface area contributed by atoms with Crippen LogP contribution in [0.4, 0.5) is 0 Å². The Morgan fingerprint density at radius 1 is 1.47 bits per heavy atom. The number of hydrogen-bond acceptors (Lipinski definition) is 3. The quantitative estimate of drug-likeness (QED) is 0.655. The second-order valence-electron chi connectivity index (χ2n) is 4.12. The SMILES string of the molecule is CCNC(C)CC(=O)N(C)CCC(C)O. The van der Waals surface area contributed by atoms with Gasteiger partial charge >= 0.3 is 0 Å². The highest BCUT2D eigenvalue weighted by Gasteiger charge is 2.12. The number of rotatable bonds is 7. The van der Waals surface area contributed by atoms with Crippen molar-refractivity contribution in [1.82, 2.24) is 10.2 Å². The topological polar surface area (TPSA) is 52.6 Å². The number of hydrogen-bond donors (Lipinski definition) is 2. The highest BCUT2D eigenvalue weighted by molar-refractivity contribution is 5.76. The third-order valence-electron chi connectivity index (χ3n) is 2.34. The number of amides is 1. The summed E-state index contributed by atoms with van der Waals surface area (Å²) in [6, 6.07) is 0.219. The first-order valence-electron chi connectivity index (χ1n) is 5.62. The van der Waals surface area contributed by atoms with Gasteiger partial charge in [0.25, 0.3) is 0 Å². The maximum atomic E-state index is 11.6. The fourth-order valence-corrected chi connectivity index (χ4v) is 1.34. The Balaban J connectivity index is 3.78. The molecule has 0 aliphatic heterocycles. The molecule has 0 radical (unpaired) electrons. The Morgan fingerprint density at radius 2 is 2.07 bits per heavy atom. The Labute approximate surface area is 92.7 Å². The zero-order chi connectivity index (χ0) is 11.8. The van der Waals surface area contributed by atoms with Gasteiger partial charge in [0, 0.05) is 26.1 Å². The Hall–Kier alpha value is -0.610. The van der Waals surface area contributed by atoms with Crippen molar-refractivity contribution in [2.75, 3.05) is 20.1 Å².